The normalized spacial score (nSPS) is 15.4. The van der Waals surface area contributed by atoms with Crippen LogP contribution in [0.1, 0.15) is 0 Å². The first-order chi connectivity index (χ1) is 8.00. The van der Waals surface area contributed by atoms with Crippen LogP contribution in [0.4, 0.5) is 0 Å². The van der Waals surface area contributed by atoms with Crippen molar-refractivity contribution in [1.82, 2.24) is 0 Å². The van der Waals surface area contributed by atoms with Crippen LogP contribution in [0.25, 0.3) is 11.1 Å². The maximum absolute atomic E-state index is 12.3. The lowest BCUT2D eigenvalue weighted by atomic mass is 10.1. The van der Waals surface area contributed by atoms with Gasteiger partial charge in [0.2, 0.25) is 9.84 Å². The van der Waals surface area contributed by atoms with E-state index in [9.17, 15) is 8.42 Å². The molecule has 1 aliphatic heterocycles. The topological polar surface area (TPSA) is 34.1 Å². The Labute approximate surface area is 121 Å². The molecule has 0 saturated carbocycles. The lowest BCUT2D eigenvalue weighted by molar-refractivity contribution is 0.598. The molecule has 2 aromatic rings. The van der Waals surface area contributed by atoms with Gasteiger partial charge >= 0.3 is 0 Å². The molecule has 0 spiro atoms. The lowest BCUT2D eigenvalue weighted by Crippen LogP contribution is -1.96. The Kier molecular flexibility index (Phi) is 2.61. The third kappa shape index (κ3) is 1.67. The van der Waals surface area contributed by atoms with E-state index in [2.05, 4.69) is 38.5 Å². The molecule has 1 heterocycles. The first kappa shape index (κ1) is 11.7. The Morgan fingerprint density at radius 1 is 0.941 bits per heavy atom. The molecule has 2 nitrogen and oxygen atoms in total. The van der Waals surface area contributed by atoms with Crippen molar-refractivity contribution in [2.45, 2.75) is 9.79 Å². The smallest absolute Gasteiger partial charge is 0.207 e. The van der Waals surface area contributed by atoms with Crippen molar-refractivity contribution in [3.05, 3.63) is 44.4 Å². The minimum absolute atomic E-state index is 0.401. The van der Waals surface area contributed by atoms with Gasteiger partial charge in [0.1, 0.15) is 0 Å². The molecule has 86 valence electrons. The molecule has 0 aliphatic carbocycles. The summed E-state index contributed by atoms with van der Waals surface area (Å²) in [5, 5.41) is 0. The van der Waals surface area contributed by atoms with Gasteiger partial charge in [-0.15, -0.1) is 0 Å². The van der Waals surface area contributed by atoms with Crippen LogP contribution in [-0.4, -0.2) is 8.42 Å². The lowest BCUT2D eigenvalue weighted by Gasteiger charge is -1.99. The first-order valence-corrected chi connectivity index (χ1v) is 8.20. The molecule has 0 bridgehead atoms. The highest BCUT2D eigenvalue weighted by Gasteiger charge is 2.32. The highest BCUT2D eigenvalue weighted by molar-refractivity contribution is 14.1. The van der Waals surface area contributed by atoms with Crippen molar-refractivity contribution in [1.29, 1.82) is 0 Å². The molecule has 5 heteroatoms. The van der Waals surface area contributed by atoms with Crippen LogP contribution in [0.5, 0.6) is 0 Å². The number of sulfone groups is 1. The van der Waals surface area contributed by atoms with E-state index < -0.39 is 9.84 Å². The Morgan fingerprint density at radius 2 is 1.71 bits per heavy atom. The zero-order valence-corrected chi connectivity index (χ0v) is 13.0. The molecule has 0 unspecified atom stereocenters. The maximum atomic E-state index is 12.3. The predicted octanol–water partition coefficient (Wildman–Crippen LogP) is 3.87. The number of fused-ring (bicyclic) bond motifs is 3. The molecular weight excluding hydrogens is 415 g/mol. The minimum atomic E-state index is -3.33. The van der Waals surface area contributed by atoms with Crippen LogP contribution >= 0.6 is 38.5 Å². The van der Waals surface area contributed by atoms with Gasteiger partial charge in [0.15, 0.2) is 0 Å². The van der Waals surface area contributed by atoms with Gasteiger partial charge in [-0.3, -0.25) is 0 Å². The molecule has 0 saturated heterocycles. The average Bonchev–Trinajstić information content (AvgIpc) is 2.48. The highest BCUT2D eigenvalue weighted by atomic mass is 127. The average molecular weight is 421 g/mol. The molecule has 17 heavy (non-hydrogen) atoms. The quantitative estimate of drug-likeness (QED) is 0.517. The Morgan fingerprint density at radius 3 is 2.47 bits per heavy atom. The zero-order chi connectivity index (χ0) is 12.2. The molecule has 2 aromatic carbocycles. The van der Waals surface area contributed by atoms with E-state index in [-0.39, 0.29) is 0 Å². The minimum Gasteiger partial charge on any atom is -0.218 e. The maximum Gasteiger partial charge on any atom is 0.207 e. The van der Waals surface area contributed by atoms with Gasteiger partial charge in [0.25, 0.3) is 0 Å². The van der Waals surface area contributed by atoms with Gasteiger partial charge in [0, 0.05) is 19.2 Å². The molecule has 0 N–H and O–H groups in total. The van der Waals surface area contributed by atoms with Crippen molar-refractivity contribution in [3.63, 3.8) is 0 Å². The second-order valence-corrected chi connectivity index (χ2v) is 7.83. The van der Waals surface area contributed by atoms with Gasteiger partial charge in [-0.25, -0.2) is 8.42 Å². The van der Waals surface area contributed by atoms with E-state index in [1.54, 1.807) is 18.2 Å². The second kappa shape index (κ2) is 3.80. The summed E-state index contributed by atoms with van der Waals surface area (Å²) in [5.41, 5.74) is 1.58. The zero-order valence-electron chi connectivity index (χ0n) is 8.44. The van der Waals surface area contributed by atoms with Crippen LogP contribution in [-0.2, 0) is 9.84 Å². The van der Waals surface area contributed by atoms with Gasteiger partial charge in [-0.1, -0.05) is 22.0 Å². The molecule has 0 radical (unpaired) electrons. The van der Waals surface area contributed by atoms with E-state index in [4.69, 9.17) is 0 Å². The van der Waals surface area contributed by atoms with E-state index >= 15 is 0 Å². The van der Waals surface area contributed by atoms with Crippen LogP contribution in [0.2, 0.25) is 0 Å². The molecule has 0 aromatic heterocycles. The van der Waals surface area contributed by atoms with Crippen molar-refractivity contribution in [2.75, 3.05) is 0 Å². The monoisotopic (exact) mass is 420 g/mol. The second-order valence-electron chi connectivity index (χ2n) is 3.78. The van der Waals surface area contributed by atoms with Gasteiger partial charge in [-0.2, -0.15) is 0 Å². The summed E-state index contributed by atoms with van der Waals surface area (Å²) in [4.78, 5) is 0.815. The number of rotatable bonds is 0. The fraction of sp³-hybridized carbons (Fsp3) is 0. The molecule has 1 aliphatic rings. The van der Waals surface area contributed by atoms with Crippen molar-refractivity contribution >= 4 is 48.4 Å². The molecule has 3 rings (SSSR count). The number of hydrogen-bond donors (Lipinski definition) is 0. The van der Waals surface area contributed by atoms with Crippen LogP contribution < -0.4 is 0 Å². The van der Waals surface area contributed by atoms with Crippen LogP contribution in [0.3, 0.4) is 0 Å². The summed E-state index contributed by atoms with van der Waals surface area (Å²) in [7, 11) is -3.33. The van der Waals surface area contributed by atoms with E-state index in [0.717, 1.165) is 19.2 Å². The Bertz CT molecular complexity index is 738. The van der Waals surface area contributed by atoms with Gasteiger partial charge in [0.05, 0.1) is 9.79 Å². The Hall–Kier alpha value is -0.400. The highest BCUT2D eigenvalue weighted by Crippen LogP contribution is 2.44. The van der Waals surface area contributed by atoms with Gasteiger partial charge in [-0.05, 0) is 52.9 Å². The third-order valence-electron chi connectivity index (χ3n) is 2.75. The fourth-order valence-corrected chi connectivity index (χ4v) is 4.76. The molecule has 0 amide bonds. The molecule has 0 atom stereocenters. The summed E-state index contributed by atoms with van der Waals surface area (Å²) in [5.74, 6) is 0. The van der Waals surface area contributed by atoms with E-state index in [1.165, 1.54) is 0 Å². The van der Waals surface area contributed by atoms with E-state index in [1.807, 2.05) is 18.2 Å². The third-order valence-corrected chi connectivity index (χ3v) is 5.77. The predicted molar refractivity (Wildman–Crippen MR) is 77.7 cm³/mol. The summed E-state index contributed by atoms with van der Waals surface area (Å²) in [6.07, 6.45) is 0. The summed E-state index contributed by atoms with van der Waals surface area (Å²) >= 11 is 5.49. The summed E-state index contributed by atoms with van der Waals surface area (Å²) in [6.45, 7) is 0. The summed E-state index contributed by atoms with van der Waals surface area (Å²) < 4.78 is 26.5. The van der Waals surface area contributed by atoms with Crippen molar-refractivity contribution in [2.24, 2.45) is 0 Å². The SMILES string of the molecule is O=S1(=O)c2ccc(Br)cc2-c2ccc(I)cc21. The number of halogens is 2. The first-order valence-electron chi connectivity index (χ1n) is 4.85. The van der Waals surface area contributed by atoms with Gasteiger partial charge < -0.3 is 0 Å². The largest absolute Gasteiger partial charge is 0.218 e. The molecule has 0 fully saturated rings. The number of benzene rings is 2. The number of hydrogen-bond acceptors (Lipinski definition) is 2. The summed E-state index contributed by atoms with van der Waals surface area (Å²) in [6, 6.07) is 10.8. The standard InChI is InChI=1S/C12H6BrIO2S/c13-7-1-4-11-10(5-7)9-3-2-8(14)6-12(9)17(11,15)16/h1-6H. The van der Waals surface area contributed by atoms with Crippen molar-refractivity contribution in [3.8, 4) is 11.1 Å². The fourth-order valence-electron chi connectivity index (χ4n) is 2.01. The van der Waals surface area contributed by atoms with Crippen LogP contribution in [0, 0.1) is 3.57 Å². The Balaban J connectivity index is 2.47. The molecular formula is C12H6BrIO2S. The van der Waals surface area contributed by atoms with E-state index in [0.29, 0.717) is 9.79 Å². The van der Waals surface area contributed by atoms with Crippen molar-refractivity contribution < 1.29 is 8.42 Å². The van der Waals surface area contributed by atoms with Crippen LogP contribution in [0.15, 0.2) is 50.7 Å².